The quantitative estimate of drug-likeness (QED) is 0.912. The number of pyridine rings is 1. The van der Waals surface area contributed by atoms with Crippen LogP contribution in [0, 0.1) is 0 Å². The molecular weight excluding hydrogens is 248 g/mol. The van der Waals surface area contributed by atoms with Crippen LogP contribution in [-0.2, 0) is 6.54 Å². The fraction of sp³-hybridized carbons (Fsp3) is 0.688. The van der Waals surface area contributed by atoms with Gasteiger partial charge in [-0.05, 0) is 38.4 Å². The Balaban J connectivity index is 1.59. The van der Waals surface area contributed by atoms with Gasteiger partial charge >= 0.3 is 0 Å². The van der Waals surface area contributed by atoms with Crippen LogP contribution in [0.15, 0.2) is 18.3 Å². The van der Waals surface area contributed by atoms with E-state index in [1.165, 1.54) is 56.8 Å². The largest absolute Gasteiger partial charge is 0.385 e. The van der Waals surface area contributed by atoms with E-state index < -0.39 is 0 Å². The highest BCUT2D eigenvalue weighted by atomic mass is 15.3. The van der Waals surface area contributed by atoms with Gasteiger partial charge in [-0.15, -0.1) is 0 Å². The maximum atomic E-state index is 4.52. The Morgan fingerprint density at radius 3 is 3.15 bits per heavy atom. The Morgan fingerprint density at radius 2 is 2.25 bits per heavy atom. The summed E-state index contributed by atoms with van der Waals surface area (Å²) < 4.78 is 0. The minimum Gasteiger partial charge on any atom is -0.385 e. The molecule has 1 unspecified atom stereocenters. The average Bonchev–Trinajstić information content (AvgIpc) is 2.48. The summed E-state index contributed by atoms with van der Waals surface area (Å²) >= 11 is 0. The summed E-state index contributed by atoms with van der Waals surface area (Å²) in [4.78, 5) is 9.78. The van der Waals surface area contributed by atoms with Gasteiger partial charge < -0.3 is 5.32 Å². The van der Waals surface area contributed by atoms with Crippen molar-refractivity contribution in [3.63, 3.8) is 0 Å². The lowest BCUT2D eigenvalue weighted by atomic mass is 9.99. The van der Waals surface area contributed by atoms with Gasteiger partial charge in [-0.3, -0.25) is 14.8 Å². The Labute approximate surface area is 122 Å². The summed E-state index contributed by atoms with van der Waals surface area (Å²) in [5.41, 5.74) is 2.38. The van der Waals surface area contributed by atoms with E-state index in [1.54, 1.807) is 0 Å². The molecular formula is C16H26N4. The van der Waals surface area contributed by atoms with E-state index in [2.05, 4.69) is 33.1 Å². The van der Waals surface area contributed by atoms with Gasteiger partial charge in [0.15, 0.2) is 0 Å². The van der Waals surface area contributed by atoms with Crippen LogP contribution in [0.3, 0.4) is 0 Å². The predicted octanol–water partition coefficient (Wildman–Crippen LogP) is 2.18. The number of nitrogens with zero attached hydrogens (tertiary/aromatic N) is 3. The van der Waals surface area contributed by atoms with E-state index in [9.17, 15) is 0 Å². The van der Waals surface area contributed by atoms with E-state index in [-0.39, 0.29) is 0 Å². The SMILES string of the molecule is CCNc1ccnc(CN2CCN3CCCCC3C2)c1. The molecule has 4 nitrogen and oxygen atoms in total. The molecule has 0 amide bonds. The van der Waals surface area contributed by atoms with E-state index in [0.717, 1.165) is 19.1 Å². The summed E-state index contributed by atoms with van der Waals surface area (Å²) in [6.07, 6.45) is 6.09. The highest BCUT2D eigenvalue weighted by Crippen LogP contribution is 2.22. The van der Waals surface area contributed by atoms with Gasteiger partial charge in [-0.1, -0.05) is 6.42 Å². The van der Waals surface area contributed by atoms with Gasteiger partial charge in [0, 0.05) is 50.6 Å². The third kappa shape index (κ3) is 3.30. The van der Waals surface area contributed by atoms with Crippen LogP contribution < -0.4 is 5.32 Å². The second-order valence-electron chi connectivity index (χ2n) is 5.99. The van der Waals surface area contributed by atoms with E-state index in [0.29, 0.717) is 0 Å². The summed E-state index contributed by atoms with van der Waals surface area (Å²) in [6, 6.07) is 5.03. The molecule has 1 N–H and O–H groups in total. The first-order valence-corrected chi connectivity index (χ1v) is 8.00. The Bertz CT molecular complexity index is 434. The summed E-state index contributed by atoms with van der Waals surface area (Å²) in [7, 11) is 0. The molecule has 0 aromatic carbocycles. The Hall–Kier alpha value is -1.13. The number of rotatable bonds is 4. The normalized spacial score (nSPS) is 24.4. The second kappa shape index (κ2) is 6.55. The van der Waals surface area contributed by atoms with Crippen LogP contribution in [0.5, 0.6) is 0 Å². The molecule has 1 aromatic heterocycles. The lowest BCUT2D eigenvalue weighted by Crippen LogP contribution is -2.54. The van der Waals surface area contributed by atoms with Gasteiger partial charge in [0.05, 0.1) is 5.69 Å². The van der Waals surface area contributed by atoms with Crippen molar-refractivity contribution in [3.8, 4) is 0 Å². The molecule has 1 atom stereocenters. The number of hydrogen-bond acceptors (Lipinski definition) is 4. The first-order chi connectivity index (χ1) is 9.85. The fourth-order valence-electron chi connectivity index (χ4n) is 3.47. The van der Waals surface area contributed by atoms with Crippen molar-refractivity contribution < 1.29 is 0 Å². The standard InChI is InChI=1S/C16H26N4/c1-2-17-14-6-7-18-15(11-14)12-19-9-10-20-8-4-3-5-16(20)13-19/h6-7,11,16H,2-5,8-10,12-13H2,1H3,(H,17,18). The predicted molar refractivity (Wildman–Crippen MR) is 82.9 cm³/mol. The van der Waals surface area contributed by atoms with Crippen molar-refractivity contribution in [1.29, 1.82) is 0 Å². The minimum atomic E-state index is 0.787. The molecule has 0 spiro atoms. The highest BCUT2D eigenvalue weighted by molar-refractivity contribution is 5.42. The molecule has 0 saturated carbocycles. The number of aromatic nitrogens is 1. The third-order valence-electron chi connectivity index (χ3n) is 4.50. The zero-order valence-electron chi connectivity index (χ0n) is 12.5. The number of piperidine rings is 1. The van der Waals surface area contributed by atoms with E-state index >= 15 is 0 Å². The second-order valence-corrected chi connectivity index (χ2v) is 5.99. The molecule has 4 heteroatoms. The Morgan fingerprint density at radius 1 is 1.30 bits per heavy atom. The van der Waals surface area contributed by atoms with Crippen molar-refractivity contribution in [3.05, 3.63) is 24.0 Å². The molecule has 110 valence electrons. The van der Waals surface area contributed by atoms with Crippen molar-refractivity contribution >= 4 is 5.69 Å². The summed E-state index contributed by atoms with van der Waals surface area (Å²) in [5.74, 6) is 0. The number of fused-ring (bicyclic) bond motifs is 1. The zero-order chi connectivity index (χ0) is 13.8. The molecule has 0 aliphatic carbocycles. The number of nitrogens with one attached hydrogen (secondary N) is 1. The molecule has 3 heterocycles. The van der Waals surface area contributed by atoms with Crippen LogP contribution in [0.4, 0.5) is 5.69 Å². The molecule has 2 fully saturated rings. The fourth-order valence-corrected chi connectivity index (χ4v) is 3.47. The molecule has 0 radical (unpaired) electrons. The van der Waals surface area contributed by atoms with Crippen molar-refractivity contribution in [1.82, 2.24) is 14.8 Å². The Kier molecular flexibility index (Phi) is 4.53. The van der Waals surface area contributed by atoms with Crippen molar-refractivity contribution in [2.24, 2.45) is 0 Å². The molecule has 2 aliphatic rings. The number of anilines is 1. The van der Waals surface area contributed by atoms with Gasteiger partial charge in [0.1, 0.15) is 0 Å². The van der Waals surface area contributed by atoms with Crippen molar-refractivity contribution in [2.75, 3.05) is 38.0 Å². The lowest BCUT2D eigenvalue weighted by molar-refractivity contribution is 0.0451. The topological polar surface area (TPSA) is 31.4 Å². The van der Waals surface area contributed by atoms with Gasteiger partial charge in [0.2, 0.25) is 0 Å². The third-order valence-corrected chi connectivity index (χ3v) is 4.50. The van der Waals surface area contributed by atoms with E-state index in [4.69, 9.17) is 0 Å². The van der Waals surface area contributed by atoms with Crippen LogP contribution in [0.25, 0.3) is 0 Å². The molecule has 0 bridgehead atoms. The molecule has 2 saturated heterocycles. The smallest absolute Gasteiger partial charge is 0.0564 e. The van der Waals surface area contributed by atoms with Gasteiger partial charge in [-0.2, -0.15) is 0 Å². The van der Waals surface area contributed by atoms with Gasteiger partial charge in [-0.25, -0.2) is 0 Å². The van der Waals surface area contributed by atoms with Crippen LogP contribution in [0.1, 0.15) is 31.9 Å². The zero-order valence-corrected chi connectivity index (χ0v) is 12.5. The van der Waals surface area contributed by atoms with Crippen LogP contribution >= 0.6 is 0 Å². The molecule has 20 heavy (non-hydrogen) atoms. The first kappa shape index (κ1) is 13.8. The lowest BCUT2D eigenvalue weighted by Gasteiger charge is -2.44. The van der Waals surface area contributed by atoms with Crippen LogP contribution in [-0.4, -0.2) is 53.5 Å². The first-order valence-electron chi connectivity index (χ1n) is 8.00. The maximum absolute atomic E-state index is 4.52. The van der Waals surface area contributed by atoms with Crippen LogP contribution in [0.2, 0.25) is 0 Å². The molecule has 3 rings (SSSR count). The van der Waals surface area contributed by atoms with Crippen molar-refractivity contribution in [2.45, 2.75) is 38.8 Å². The summed E-state index contributed by atoms with van der Waals surface area (Å²) in [6.45, 7) is 9.02. The summed E-state index contributed by atoms with van der Waals surface area (Å²) in [5, 5.41) is 3.36. The molecule has 2 aliphatic heterocycles. The number of piperazine rings is 1. The average molecular weight is 274 g/mol. The maximum Gasteiger partial charge on any atom is 0.0564 e. The highest BCUT2D eigenvalue weighted by Gasteiger charge is 2.28. The number of hydrogen-bond donors (Lipinski definition) is 1. The molecule has 1 aromatic rings. The minimum absolute atomic E-state index is 0.787. The monoisotopic (exact) mass is 274 g/mol. The van der Waals surface area contributed by atoms with E-state index in [1.807, 2.05) is 12.3 Å². The van der Waals surface area contributed by atoms with Gasteiger partial charge in [0.25, 0.3) is 0 Å².